The molecule has 2 heterocycles. The topological polar surface area (TPSA) is 45.7 Å². The average molecular weight is 271 g/mol. The normalized spacial score (nSPS) is 32.6. The van der Waals surface area contributed by atoms with Crippen LogP contribution in [-0.4, -0.2) is 48.8 Å². The Morgan fingerprint density at radius 1 is 1.50 bits per heavy atom. The highest BCUT2D eigenvalue weighted by Crippen LogP contribution is 2.34. The molecule has 4 nitrogen and oxygen atoms in total. The number of aliphatic imine (C=N–C) groups is 1. The van der Waals surface area contributed by atoms with E-state index in [1.807, 2.05) is 11.8 Å². The van der Waals surface area contributed by atoms with Crippen LogP contribution in [0.15, 0.2) is 4.99 Å². The second-order valence-corrected chi connectivity index (χ2v) is 6.40. The summed E-state index contributed by atoms with van der Waals surface area (Å²) >= 11 is 1.85. The lowest BCUT2D eigenvalue weighted by atomic mass is 9.96. The van der Waals surface area contributed by atoms with Crippen LogP contribution in [0.25, 0.3) is 0 Å². The van der Waals surface area contributed by atoms with E-state index in [1.165, 1.54) is 12.8 Å². The van der Waals surface area contributed by atoms with Crippen molar-refractivity contribution < 1.29 is 4.74 Å². The van der Waals surface area contributed by atoms with E-state index in [0.717, 1.165) is 25.5 Å². The Kier molecular flexibility index (Phi) is 5.18. The molecule has 104 valence electrons. The Bertz CT molecular complexity index is 298. The van der Waals surface area contributed by atoms with Crippen LogP contribution in [-0.2, 0) is 4.74 Å². The van der Waals surface area contributed by atoms with Gasteiger partial charge in [0.05, 0.1) is 24.8 Å². The zero-order valence-corrected chi connectivity index (χ0v) is 12.4. The number of ether oxygens (including phenoxy) is 1. The first-order valence-electron chi connectivity index (χ1n) is 6.96. The fraction of sp³-hybridized carbons (Fsp3) is 0.923. The van der Waals surface area contributed by atoms with E-state index in [4.69, 9.17) is 4.74 Å². The van der Waals surface area contributed by atoms with Gasteiger partial charge in [-0.15, -0.1) is 0 Å². The fourth-order valence-corrected chi connectivity index (χ4v) is 2.80. The van der Waals surface area contributed by atoms with Crippen LogP contribution < -0.4 is 10.6 Å². The number of nitrogens with one attached hydrogen (secondary N) is 2. The lowest BCUT2D eigenvalue weighted by Crippen LogP contribution is -2.47. The van der Waals surface area contributed by atoms with Crippen LogP contribution in [0.1, 0.15) is 33.1 Å². The minimum absolute atomic E-state index is 0.400. The summed E-state index contributed by atoms with van der Waals surface area (Å²) in [6, 6.07) is 0.450. The largest absolute Gasteiger partial charge is 0.373 e. The second-order valence-electron chi connectivity index (χ2n) is 5.13. The highest BCUT2D eigenvalue weighted by Gasteiger charge is 2.41. The number of nitrogens with zero attached hydrogens (tertiary/aromatic N) is 1. The van der Waals surface area contributed by atoms with Gasteiger partial charge in [0.1, 0.15) is 0 Å². The molecule has 2 aliphatic rings. The predicted molar refractivity (Wildman–Crippen MR) is 78.4 cm³/mol. The highest BCUT2D eigenvalue weighted by atomic mass is 32.2. The molecule has 2 saturated heterocycles. The van der Waals surface area contributed by atoms with Crippen LogP contribution in [0.5, 0.6) is 0 Å². The first-order chi connectivity index (χ1) is 8.72. The smallest absolute Gasteiger partial charge is 0.191 e. The van der Waals surface area contributed by atoms with Crippen LogP contribution in [0.2, 0.25) is 0 Å². The summed E-state index contributed by atoms with van der Waals surface area (Å²) < 4.78 is 5.86. The summed E-state index contributed by atoms with van der Waals surface area (Å²) in [5.41, 5.74) is 0. The van der Waals surface area contributed by atoms with Gasteiger partial charge in [0.25, 0.3) is 0 Å². The van der Waals surface area contributed by atoms with Crippen molar-refractivity contribution in [1.82, 2.24) is 10.6 Å². The number of hydrogen-bond acceptors (Lipinski definition) is 3. The molecule has 0 aliphatic carbocycles. The third kappa shape index (κ3) is 3.54. The third-order valence-corrected chi connectivity index (χ3v) is 4.64. The van der Waals surface area contributed by atoms with Crippen molar-refractivity contribution in [2.45, 2.75) is 56.6 Å². The summed E-state index contributed by atoms with van der Waals surface area (Å²) in [6.45, 7) is 6.07. The van der Waals surface area contributed by atoms with Crippen molar-refractivity contribution in [3.05, 3.63) is 0 Å². The molecule has 2 fully saturated rings. The van der Waals surface area contributed by atoms with E-state index in [-0.39, 0.29) is 0 Å². The molecule has 0 spiro atoms. The molecule has 2 rings (SSSR count). The van der Waals surface area contributed by atoms with Gasteiger partial charge in [0.2, 0.25) is 0 Å². The Morgan fingerprint density at radius 3 is 2.89 bits per heavy atom. The monoisotopic (exact) mass is 271 g/mol. The Balaban J connectivity index is 1.85. The highest BCUT2D eigenvalue weighted by molar-refractivity contribution is 7.99. The molecular weight excluding hydrogens is 246 g/mol. The number of hydrogen-bond donors (Lipinski definition) is 2. The molecule has 2 aliphatic heterocycles. The van der Waals surface area contributed by atoms with Gasteiger partial charge in [-0.05, 0) is 32.4 Å². The molecule has 0 aromatic heterocycles. The van der Waals surface area contributed by atoms with Gasteiger partial charge in [0, 0.05) is 11.8 Å². The second kappa shape index (κ2) is 6.66. The summed E-state index contributed by atoms with van der Waals surface area (Å²) in [4.78, 5) is 4.65. The fourth-order valence-electron chi connectivity index (χ4n) is 2.58. The van der Waals surface area contributed by atoms with Crippen molar-refractivity contribution in [3.8, 4) is 0 Å². The predicted octanol–water partition coefficient (Wildman–Crippen LogP) is 1.61. The van der Waals surface area contributed by atoms with Crippen molar-refractivity contribution in [3.63, 3.8) is 0 Å². The lowest BCUT2D eigenvalue weighted by molar-refractivity contribution is 0.0992. The maximum atomic E-state index is 5.86. The van der Waals surface area contributed by atoms with Crippen LogP contribution >= 0.6 is 11.8 Å². The van der Waals surface area contributed by atoms with E-state index in [9.17, 15) is 0 Å². The van der Waals surface area contributed by atoms with E-state index < -0.39 is 0 Å². The third-order valence-electron chi connectivity index (χ3n) is 3.68. The Morgan fingerprint density at radius 2 is 2.33 bits per heavy atom. The van der Waals surface area contributed by atoms with Crippen LogP contribution in [0.3, 0.4) is 0 Å². The minimum Gasteiger partial charge on any atom is -0.373 e. The van der Waals surface area contributed by atoms with Gasteiger partial charge >= 0.3 is 0 Å². The van der Waals surface area contributed by atoms with Gasteiger partial charge in [-0.25, -0.2) is 0 Å². The first-order valence-corrected chi connectivity index (χ1v) is 8.24. The van der Waals surface area contributed by atoms with Gasteiger partial charge in [0.15, 0.2) is 5.96 Å². The molecule has 4 unspecified atom stereocenters. The van der Waals surface area contributed by atoms with Crippen molar-refractivity contribution in [2.24, 2.45) is 4.99 Å². The summed E-state index contributed by atoms with van der Waals surface area (Å²) in [5, 5.41) is 7.42. The number of rotatable bonds is 5. The van der Waals surface area contributed by atoms with Gasteiger partial charge in [-0.1, -0.05) is 6.92 Å². The molecule has 2 bridgehead atoms. The van der Waals surface area contributed by atoms with Crippen molar-refractivity contribution in [2.75, 3.05) is 19.3 Å². The number of fused-ring (bicyclic) bond motifs is 2. The van der Waals surface area contributed by atoms with E-state index in [0.29, 0.717) is 23.5 Å². The first kappa shape index (κ1) is 14.0. The standard InChI is InChI=1S/C13H25N3OS/c1-4-14-13(15-8-9(2)18-3)16-11-7-10-5-6-12(11)17-10/h9-12H,4-8H2,1-3H3,(H2,14,15,16). The molecular formula is C13H25N3OS. The number of guanidine groups is 1. The van der Waals surface area contributed by atoms with E-state index in [1.54, 1.807) is 0 Å². The SMILES string of the molecule is CCNC(=NCC(C)SC)NC1CC2CCC1O2. The molecule has 2 N–H and O–H groups in total. The molecule has 4 atom stereocenters. The van der Waals surface area contributed by atoms with Gasteiger partial charge in [-0.3, -0.25) is 4.99 Å². The number of thioether (sulfide) groups is 1. The molecule has 0 saturated carbocycles. The maximum absolute atomic E-state index is 5.86. The van der Waals surface area contributed by atoms with Crippen LogP contribution in [0, 0.1) is 0 Å². The molecule has 18 heavy (non-hydrogen) atoms. The minimum atomic E-state index is 0.400. The average Bonchev–Trinajstić information content (AvgIpc) is 2.98. The lowest BCUT2D eigenvalue weighted by Gasteiger charge is -2.22. The molecule has 5 heteroatoms. The molecule has 0 radical (unpaired) electrons. The van der Waals surface area contributed by atoms with Gasteiger partial charge in [-0.2, -0.15) is 11.8 Å². The van der Waals surface area contributed by atoms with Crippen molar-refractivity contribution in [1.29, 1.82) is 0 Å². The molecule has 0 aromatic rings. The zero-order valence-electron chi connectivity index (χ0n) is 11.6. The van der Waals surface area contributed by atoms with E-state index in [2.05, 4.69) is 35.7 Å². The quantitative estimate of drug-likeness (QED) is 0.589. The maximum Gasteiger partial charge on any atom is 0.191 e. The Labute approximate surface area is 114 Å². The molecule has 0 amide bonds. The van der Waals surface area contributed by atoms with Crippen LogP contribution in [0.4, 0.5) is 0 Å². The van der Waals surface area contributed by atoms with E-state index >= 15 is 0 Å². The Hall–Kier alpha value is -0.420. The summed E-state index contributed by atoms with van der Waals surface area (Å²) in [6.07, 6.45) is 6.58. The summed E-state index contributed by atoms with van der Waals surface area (Å²) in [7, 11) is 0. The van der Waals surface area contributed by atoms with Crippen molar-refractivity contribution >= 4 is 17.7 Å². The summed E-state index contributed by atoms with van der Waals surface area (Å²) in [5.74, 6) is 0.944. The molecule has 0 aromatic carbocycles. The zero-order chi connectivity index (χ0) is 13.0. The van der Waals surface area contributed by atoms with Gasteiger partial charge < -0.3 is 15.4 Å².